The Bertz CT molecular complexity index is 409. The van der Waals surface area contributed by atoms with E-state index in [1.807, 2.05) is 54.6 Å². The van der Waals surface area contributed by atoms with Crippen molar-refractivity contribution in [3.05, 3.63) is 54.6 Å². The lowest BCUT2D eigenvalue weighted by Crippen LogP contribution is -1.96. The van der Waals surface area contributed by atoms with Crippen LogP contribution in [0.5, 0.6) is 0 Å². The van der Waals surface area contributed by atoms with E-state index < -0.39 is 0 Å². The molecule has 0 unspecified atom stereocenters. The Hall–Kier alpha value is -1.54. The predicted octanol–water partition coefficient (Wildman–Crippen LogP) is 3.26. The van der Waals surface area contributed by atoms with E-state index in [1.54, 1.807) is 0 Å². The molecule has 2 heteroatoms. The number of benzene rings is 1. The van der Waals surface area contributed by atoms with Gasteiger partial charge in [-0.25, -0.2) is 4.99 Å². The first-order valence-corrected chi connectivity index (χ1v) is 4.79. The van der Waals surface area contributed by atoms with Crippen LogP contribution in [-0.4, -0.2) is 10.6 Å². The van der Waals surface area contributed by atoms with Gasteiger partial charge in [0, 0.05) is 4.86 Å². The Morgan fingerprint density at radius 1 is 0.857 bits per heavy atom. The molecule has 0 atom stereocenters. The molecule has 0 aliphatic heterocycles. The normalized spacial score (nSPS) is 14.6. The van der Waals surface area contributed by atoms with Crippen LogP contribution in [0.4, 0.5) is 5.69 Å². The summed E-state index contributed by atoms with van der Waals surface area (Å²) in [4.78, 5) is 5.28. The van der Waals surface area contributed by atoms with Crippen LogP contribution in [0, 0.1) is 0 Å². The second kappa shape index (κ2) is 4.11. The van der Waals surface area contributed by atoms with Crippen molar-refractivity contribution >= 4 is 28.5 Å². The number of aliphatic imine (C=N–C) groups is 1. The number of hydrogen-bond donors (Lipinski definition) is 0. The standard InChI is InChI=1S/C12H9NS/c14-12-8-6-11(7-9-12)13-10-4-2-1-3-5-10/h1-9H. The molecule has 0 fully saturated rings. The molecule has 1 aromatic carbocycles. The molecule has 0 heterocycles. The molecule has 68 valence electrons. The third-order valence-electron chi connectivity index (χ3n) is 1.85. The van der Waals surface area contributed by atoms with E-state index in [0.29, 0.717) is 0 Å². The summed E-state index contributed by atoms with van der Waals surface area (Å²) in [6.45, 7) is 0. The predicted molar refractivity (Wildman–Crippen MR) is 64.4 cm³/mol. The SMILES string of the molecule is S=C1C=CC(=Nc2ccccc2)C=C1. The van der Waals surface area contributed by atoms with Crippen molar-refractivity contribution in [2.45, 2.75) is 0 Å². The number of para-hydroxylation sites is 1. The molecule has 0 N–H and O–H groups in total. The summed E-state index contributed by atoms with van der Waals surface area (Å²) < 4.78 is 0. The molecule has 0 spiro atoms. The lowest BCUT2D eigenvalue weighted by Gasteiger charge is -1.99. The van der Waals surface area contributed by atoms with E-state index in [0.717, 1.165) is 16.3 Å². The molecule has 2 rings (SSSR count). The van der Waals surface area contributed by atoms with Crippen molar-refractivity contribution in [3.63, 3.8) is 0 Å². The Balaban J connectivity index is 2.25. The van der Waals surface area contributed by atoms with Gasteiger partial charge in [-0.1, -0.05) is 30.4 Å². The van der Waals surface area contributed by atoms with Crippen LogP contribution in [0.2, 0.25) is 0 Å². The van der Waals surface area contributed by atoms with Gasteiger partial charge in [0.15, 0.2) is 0 Å². The van der Waals surface area contributed by atoms with E-state index in [2.05, 4.69) is 4.99 Å². The summed E-state index contributed by atoms with van der Waals surface area (Å²) in [6.07, 6.45) is 7.62. The monoisotopic (exact) mass is 199 g/mol. The van der Waals surface area contributed by atoms with Crippen LogP contribution in [0.1, 0.15) is 0 Å². The minimum absolute atomic E-state index is 0.844. The summed E-state index contributed by atoms with van der Waals surface area (Å²) >= 11 is 4.99. The van der Waals surface area contributed by atoms with Crippen LogP contribution in [0.25, 0.3) is 0 Å². The van der Waals surface area contributed by atoms with Crippen molar-refractivity contribution in [2.75, 3.05) is 0 Å². The molecule has 0 saturated heterocycles. The Morgan fingerprint density at radius 2 is 1.50 bits per heavy atom. The first-order chi connectivity index (χ1) is 6.84. The molecule has 0 amide bonds. The van der Waals surface area contributed by atoms with Gasteiger partial charge < -0.3 is 0 Å². The topological polar surface area (TPSA) is 12.4 Å². The van der Waals surface area contributed by atoms with Gasteiger partial charge in [0.1, 0.15) is 0 Å². The van der Waals surface area contributed by atoms with Crippen molar-refractivity contribution in [3.8, 4) is 0 Å². The van der Waals surface area contributed by atoms with Gasteiger partial charge in [0.2, 0.25) is 0 Å². The highest BCUT2D eigenvalue weighted by Gasteiger charge is 1.96. The number of thiocarbonyl (C=S) groups is 1. The maximum atomic E-state index is 4.99. The van der Waals surface area contributed by atoms with Gasteiger partial charge in [0.25, 0.3) is 0 Å². The fraction of sp³-hybridized carbons (Fsp3) is 0. The van der Waals surface area contributed by atoms with Crippen LogP contribution in [0.15, 0.2) is 59.6 Å². The molecule has 0 radical (unpaired) electrons. The van der Waals surface area contributed by atoms with Gasteiger partial charge in [-0.15, -0.1) is 0 Å². The Kier molecular flexibility index (Phi) is 2.65. The number of allylic oxidation sites excluding steroid dienone is 4. The first kappa shape index (κ1) is 9.03. The Morgan fingerprint density at radius 3 is 2.14 bits per heavy atom. The summed E-state index contributed by atoms with van der Waals surface area (Å²) in [6, 6.07) is 9.87. The van der Waals surface area contributed by atoms with Crippen molar-refractivity contribution in [2.24, 2.45) is 4.99 Å². The lowest BCUT2D eigenvalue weighted by atomic mass is 10.2. The highest BCUT2D eigenvalue weighted by molar-refractivity contribution is 7.81. The van der Waals surface area contributed by atoms with E-state index >= 15 is 0 Å². The van der Waals surface area contributed by atoms with E-state index in [-0.39, 0.29) is 0 Å². The zero-order valence-corrected chi connectivity index (χ0v) is 8.37. The largest absolute Gasteiger partial charge is 0.249 e. The van der Waals surface area contributed by atoms with Crippen molar-refractivity contribution in [1.82, 2.24) is 0 Å². The summed E-state index contributed by atoms with van der Waals surface area (Å²) in [5.74, 6) is 0. The Labute approximate surface area is 88.5 Å². The molecule has 1 nitrogen and oxygen atoms in total. The fourth-order valence-electron chi connectivity index (χ4n) is 1.17. The molecule has 1 aliphatic rings. The minimum atomic E-state index is 0.844. The molecule has 0 saturated carbocycles. The van der Waals surface area contributed by atoms with Crippen LogP contribution < -0.4 is 0 Å². The number of hydrogen-bond acceptors (Lipinski definition) is 2. The van der Waals surface area contributed by atoms with Crippen molar-refractivity contribution in [1.29, 1.82) is 0 Å². The van der Waals surface area contributed by atoms with Crippen LogP contribution >= 0.6 is 12.2 Å². The van der Waals surface area contributed by atoms with Gasteiger partial charge in [0.05, 0.1) is 11.4 Å². The van der Waals surface area contributed by atoms with Gasteiger partial charge >= 0.3 is 0 Å². The van der Waals surface area contributed by atoms with Crippen molar-refractivity contribution < 1.29 is 0 Å². The van der Waals surface area contributed by atoms with Crippen LogP contribution in [0.3, 0.4) is 0 Å². The molecule has 14 heavy (non-hydrogen) atoms. The van der Waals surface area contributed by atoms with E-state index in [4.69, 9.17) is 12.2 Å². The number of nitrogens with zero attached hydrogens (tertiary/aromatic N) is 1. The zero-order chi connectivity index (χ0) is 9.80. The van der Waals surface area contributed by atoms with E-state index in [9.17, 15) is 0 Å². The third-order valence-corrected chi connectivity index (χ3v) is 2.12. The summed E-state index contributed by atoms with van der Waals surface area (Å²) in [5, 5.41) is 0. The maximum Gasteiger partial charge on any atom is 0.0637 e. The molecule has 0 bridgehead atoms. The highest BCUT2D eigenvalue weighted by Crippen LogP contribution is 2.11. The smallest absolute Gasteiger partial charge is 0.0637 e. The fourth-order valence-corrected chi connectivity index (χ4v) is 1.31. The molecular formula is C12H9NS. The zero-order valence-electron chi connectivity index (χ0n) is 7.55. The minimum Gasteiger partial charge on any atom is -0.249 e. The summed E-state index contributed by atoms with van der Waals surface area (Å²) in [5.41, 5.74) is 1.90. The van der Waals surface area contributed by atoms with E-state index in [1.165, 1.54) is 0 Å². The first-order valence-electron chi connectivity index (χ1n) is 4.38. The van der Waals surface area contributed by atoms with Gasteiger partial charge in [-0.2, -0.15) is 0 Å². The quantitative estimate of drug-likeness (QED) is 0.632. The van der Waals surface area contributed by atoms with Gasteiger partial charge in [-0.05, 0) is 36.4 Å². The van der Waals surface area contributed by atoms with Gasteiger partial charge in [-0.3, -0.25) is 0 Å². The molecule has 0 aromatic heterocycles. The van der Waals surface area contributed by atoms with Crippen LogP contribution in [-0.2, 0) is 0 Å². The lowest BCUT2D eigenvalue weighted by molar-refractivity contribution is 1.52. The average molecular weight is 199 g/mol. The third kappa shape index (κ3) is 2.24. The molecular weight excluding hydrogens is 190 g/mol. The molecule has 1 aliphatic carbocycles. The second-order valence-electron chi connectivity index (χ2n) is 2.94. The average Bonchev–Trinajstić information content (AvgIpc) is 2.23. The molecule has 1 aromatic rings. The second-order valence-corrected chi connectivity index (χ2v) is 3.41. The maximum absolute atomic E-state index is 4.99. The summed E-state index contributed by atoms with van der Waals surface area (Å²) in [7, 11) is 0. The number of rotatable bonds is 1. The highest BCUT2D eigenvalue weighted by atomic mass is 32.1.